The van der Waals surface area contributed by atoms with E-state index in [4.69, 9.17) is 9.47 Å². The minimum absolute atomic E-state index is 0.271. The second-order valence-corrected chi connectivity index (χ2v) is 8.32. The lowest BCUT2D eigenvalue weighted by molar-refractivity contribution is 0.313. The average molecular weight is 407 g/mol. The zero-order valence-electron chi connectivity index (χ0n) is 17.3. The van der Waals surface area contributed by atoms with Crippen molar-refractivity contribution in [1.82, 2.24) is 4.90 Å². The fourth-order valence-electron chi connectivity index (χ4n) is 2.98. The number of hydrogen-bond donors (Lipinski definition) is 0. The monoisotopic (exact) mass is 406 g/mol. The van der Waals surface area contributed by atoms with Gasteiger partial charge in [0.15, 0.2) is 11.5 Å². The number of hydrogen-bond acceptors (Lipinski definition) is 5. The number of methoxy groups -OCH3 is 2. The van der Waals surface area contributed by atoms with Crippen LogP contribution in [0.5, 0.6) is 11.5 Å². The molecule has 7 heteroatoms. The molecule has 28 heavy (non-hydrogen) atoms. The van der Waals surface area contributed by atoms with Gasteiger partial charge in [-0.25, -0.2) is 8.42 Å². The molecule has 6 nitrogen and oxygen atoms in total. The number of rotatable bonds is 10. The van der Waals surface area contributed by atoms with Crippen LogP contribution in [0.15, 0.2) is 47.4 Å². The highest BCUT2D eigenvalue weighted by Crippen LogP contribution is 2.33. The highest BCUT2D eigenvalue weighted by Gasteiger charge is 2.26. The first kappa shape index (κ1) is 22.0. The molecule has 0 spiro atoms. The van der Waals surface area contributed by atoms with Gasteiger partial charge in [0.05, 0.1) is 24.8 Å². The molecule has 0 aliphatic heterocycles. The summed E-state index contributed by atoms with van der Waals surface area (Å²) in [7, 11) is -0.625. The van der Waals surface area contributed by atoms with E-state index in [2.05, 4.69) is 18.7 Å². The van der Waals surface area contributed by atoms with Crippen LogP contribution >= 0.6 is 0 Å². The van der Waals surface area contributed by atoms with E-state index in [1.54, 1.807) is 37.4 Å². The van der Waals surface area contributed by atoms with E-state index in [1.165, 1.54) is 11.4 Å². The van der Waals surface area contributed by atoms with Crippen LogP contribution < -0.4 is 13.8 Å². The molecule has 2 rings (SSSR count). The third-order valence-corrected chi connectivity index (χ3v) is 6.62. The van der Waals surface area contributed by atoms with Gasteiger partial charge in [0.1, 0.15) is 0 Å². The number of nitrogens with zero attached hydrogens (tertiary/aromatic N) is 2. The summed E-state index contributed by atoms with van der Waals surface area (Å²) in [6.07, 6.45) is 0. The van der Waals surface area contributed by atoms with Crippen molar-refractivity contribution in [3.63, 3.8) is 0 Å². The van der Waals surface area contributed by atoms with Gasteiger partial charge in [-0.2, -0.15) is 0 Å². The fourth-order valence-corrected chi connectivity index (χ4v) is 4.43. The molecule has 0 bridgehead atoms. The number of aryl methyl sites for hydroxylation is 1. The average Bonchev–Trinajstić information content (AvgIpc) is 2.71. The molecule has 0 heterocycles. The molecule has 0 aromatic heterocycles. The Labute approximate surface area is 168 Å². The molecule has 154 valence electrons. The number of sulfonamides is 1. The maximum atomic E-state index is 13.4. The molecule has 0 amide bonds. The molecule has 0 saturated carbocycles. The van der Waals surface area contributed by atoms with E-state index in [1.807, 2.05) is 19.1 Å². The summed E-state index contributed by atoms with van der Waals surface area (Å²) in [5, 5.41) is 0. The van der Waals surface area contributed by atoms with Crippen molar-refractivity contribution in [2.24, 2.45) is 0 Å². The summed E-state index contributed by atoms with van der Waals surface area (Å²) in [6, 6.07) is 12.1. The quantitative estimate of drug-likeness (QED) is 0.604. The predicted molar refractivity (Wildman–Crippen MR) is 113 cm³/mol. The van der Waals surface area contributed by atoms with Gasteiger partial charge >= 0.3 is 0 Å². The Kier molecular flexibility index (Phi) is 7.71. The molecule has 2 aromatic rings. The SMILES string of the molecule is CCN(CC)CCN(c1ccc(OC)c(OC)c1)S(=O)(=O)c1ccc(C)cc1. The van der Waals surface area contributed by atoms with E-state index in [0.717, 1.165) is 18.7 Å². The zero-order chi connectivity index (χ0) is 20.7. The van der Waals surface area contributed by atoms with Gasteiger partial charge in [0, 0.05) is 19.2 Å². The summed E-state index contributed by atoms with van der Waals surface area (Å²) >= 11 is 0. The van der Waals surface area contributed by atoms with Gasteiger partial charge in [-0.05, 0) is 44.3 Å². The first-order valence-electron chi connectivity index (χ1n) is 9.41. The number of benzene rings is 2. The van der Waals surface area contributed by atoms with Crippen molar-refractivity contribution < 1.29 is 17.9 Å². The van der Waals surface area contributed by atoms with E-state index < -0.39 is 10.0 Å². The van der Waals surface area contributed by atoms with Gasteiger partial charge in [-0.3, -0.25) is 4.31 Å². The van der Waals surface area contributed by atoms with Crippen LogP contribution in [0.4, 0.5) is 5.69 Å². The third kappa shape index (κ3) is 4.97. The van der Waals surface area contributed by atoms with Crippen LogP contribution in [0, 0.1) is 6.92 Å². The number of anilines is 1. The Morgan fingerprint density at radius 3 is 2.00 bits per heavy atom. The van der Waals surface area contributed by atoms with Gasteiger partial charge in [-0.1, -0.05) is 31.5 Å². The van der Waals surface area contributed by atoms with Crippen LogP contribution in [-0.4, -0.2) is 53.7 Å². The molecule has 0 saturated heterocycles. The minimum Gasteiger partial charge on any atom is -0.493 e. The lowest BCUT2D eigenvalue weighted by Gasteiger charge is -2.28. The standard InChI is InChI=1S/C21H30N2O4S/c1-6-22(7-2)14-15-23(18-10-13-20(26-4)21(16-18)27-5)28(24,25)19-11-8-17(3)9-12-19/h8-13,16H,6-7,14-15H2,1-5H3. The Bertz CT molecular complexity index is 862. The Morgan fingerprint density at radius 1 is 0.857 bits per heavy atom. The Hall–Kier alpha value is -2.25. The van der Waals surface area contributed by atoms with Gasteiger partial charge in [0.25, 0.3) is 10.0 Å². The van der Waals surface area contributed by atoms with E-state index in [9.17, 15) is 8.42 Å². The Balaban J connectivity index is 2.48. The summed E-state index contributed by atoms with van der Waals surface area (Å²) in [6.45, 7) is 8.77. The van der Waals surface area contributed by atoms with E-state index in [-0.39, 0.29) is 4.90 Å². The molecular formula is C21H30N2O4S. The van der Waals surface area contributed by atoms with Crippen LogP contribution in [0.25, 0.3) is 0 Å². The smallest absolute Gasteiger partial charge is 0.264 e. The van der Waals surface area contributed by atoms with Crippen LogP contribution in [0.1, 0.15) is 19.4 Å². The van der Waals surface area contributed by atoms with Crippen molar-refractivity contribution in [2.45, 2.75) is 25.7 Å². The maximum absolute atomic E-state index is 13.4. The first-order chi connectivity index (χ1) is 13.4. The lowest BCUT2D eigenvalue weighted by atomic mass is 10.2. The maximum Gasteiger partial charge on any atom is 0.264 e. The number of likely N-dealkylation sites (N-methyl/N-ethyl adjacent to an activating group) is 1. The van der Waals surface area contributed by atoms with Crippen molar-refractivity contribution in [3.05, 3.63) is 48.0 Å². The third-order valence-electron chi connectivity index (χ3n) is 4.78. The topological polar surface area (TPSA) is 59.1 Å². The lowest BCUT2D eigenvalue weighted by Crippen LogP contribution is -2.38. The molecule has 0 radical (unpaired) electrons. The molecular weight excluding hydrogens is 376 g/mol. The second-order valence-electron chi connectivity index (χ2n) is 6.46. The molecule has 0 aliphatic carbocycles. The van der Waals surface area contributed by atoms with Crippen molar-refractivity contribution in [1.29, 1.82) is 0 Å². The van der Waals surface area contributed by atoms with Gasteiger partial charge in [-0.15, -0.1) is 0 Å². The van der Waals surface area contributed by atoms with E-state index in [0.29, 0.717) is 30.3 Å². The zero-order valence-corrected chi connectivity index (χ0v) is 18.1. The fraction of sp³-hybridized carbons (Fsp3) is 0.429. The van der Waals surface area contributed by atoms with Crippen LogP contribution in [0.2, 0.25) is 0 Å². The summed E-state index contributed by atoms with van der Waals surface area (Å²) < 4.78 is 38.9. The van der Waals surface area contributed by atoms with Crippen LogP contribution in [0.3, 0.4) is 0 Å². The molecule has 0 atom stereocenters. The van der Waals surface area contributed by atoms with Crippen molar-refractivity contribution in [3.8, 4) is 11.5 Å². The largest absolute Gasteiger partial charge is 0.493 e. The summed E-state index contributed by atoms with van der Waals surface area (Å²) in [5.74, 6) is 1.05. The molecule has 0 N–H and O–H groups in total. The summed E-state index contributed by atoms with van der Waals surface area (Å²) in [4.78, 5) is 2.46. The van der Waals surface area contributed by atoms with Crippen molar-refractivity contribution >= 4 is 15.7 Å². The van der Waals surface area contributed by atoms with Crippen LogP contribution in [-0.2, 0) is 10.0 Å². The highest BCUT2D eigenvalue weighted by molar-refractivity contribution is 7.92. The predicted octanol–water partition coefficient (Wildman–Crippen LogP) is 3.55. The number of ether oxygens (including phenoxy) is 2. The van der Waals surface area contributed by atoms with Gasteiger partial charge in [0.2, 0.25) is 0 Å². The van der Waals surface area contributed by atoms with Gasteiger partial charge < -0.3 is 14.4 Å². The molecule has 0 unspecified atom stereocenters. The minimum atomic E-state index is -3.72. The molecule has 2 aromatic carbocycles. The Morgan fingerprint density at radius 2 is 1.46 bits per heavy atom. The molecule has 0 aliphatic rings. The van der Waals surface area contributed by atoms with E-state index >= 15 is 0 Å². The normalized spacial score (nSPS) is 11.5. The first-order valence-corrected chi connectivity index (χ1v) is 10.8. The second kappa shape index (κ2) is 9.80. The summed E-state index contributed by atoms with van der Waals surface area (Å²) in [5.41, 5.74) is 1.56. The van der Waals surface area contributed by atoms with Crippen molar-refractivity contribution in [2.75, 3.05) is 44.7 Å². The molecule has 0 fully saturated rings. The highest BCUT2D eigenvalue weighted by atomic mass is 32.2.